The number of nitrogens with zero attached hydrogens (tertiary/aromatic N) is 2. The molecule has 1 fully saturated rings. The third-order valence-electron chi connectivity index (χ3n) is 5.47. The van der Waals surface area contributed by atoms with Crippen molar-refractivity contribution in [3.05, 3.63) is 35.4 Å². The summed E-state index contributed by atoms with van der Waals surface area (Å²) in [6.45, 7) is 10.7. The molecule has 2 rings (SSSR count). The highest BCUT2D eigenvalue weighted by atomic mass is 16.5. The predicted octanol–water partition coefficient (Wildman–Crippen LogP) is 1.98. The topological polar surface area (TPSA) is 69.1 Å². The molecule has 0 radical (unpaired) electrons. The molecule has 0 amide bonds. The number of nitrogens with one attached hydrogen (secondary N) is 2. The lowest BCUT2D eigenvalue weighted by Crippen LogP contribution is -2.44. The van der Waals surface area contributed by atoms with Gasteiger partial charge in [-0.15, -0.1) is 0 Å². The Labute approximate surface area is 164 Å². The monoisotopic (exact) mass is 376 g/mol. The van der Waals surface area contributed by atoms with E-state index in [0.29, 0.717) is 6.61 Å². The zero-order valence-corrected chi connectivity index (χ0v) is 17.1. The van der Waals surface area contributed by atoms with Gasteiger partial charge < -0.3 is 20.5 Å². The van der Waals surface area contributed by atoms with Crippen molar-refractivity contribution in [1.29, 1.82) is 0 Å². The molecule has 6 nitrogen and oxygen atoms in total. The van der Waals surface area contributed by atoms with E-state index in [1.54, 1.807) is 7.05 Å². The highest BCUT2D eigenvalue weighted by molar-refractivity contribution is 5.79. The fourth-order valence-corrected chi connectivity index (χ4v) is 3.46. The molecule has 1 aromatic carbocycles. The summed E-state index contributed by atoms with van der Waals surface area (Å²) >= 11 is 0. The average Bonchev–Trinajstić information content (AvgIpc) is 3.16. The lowest BCUT2D eigenvalue weighted by molar-refractivity contribution is 0.127. The Balaban J connectivity index is 1.81. The van der Waals surface area contributed by atoms with Crippen LogP contribution < -0.4 is 10.6 Å². The van der Waals surface area contributed by atoms with E-state index in [4.69, 9.17) is 4.74 Å². The van der Waals surface area contributed by atoms with E-state index in [1.165, 1.54) is 11.1 Å². The number of aliphatic hydroxyl groups is 1. The van der Waals surface area contributed by atoms with Crippen molar-refractivity contribution in [3.63, 3.8) is 0 Å². The highest BCUT2D eigenvalue weighted by Crippen LogP contribution is 2.31. The Morgan fingerprint density at radius 1 is 1.19 bits per heavy atom. The number of benzene rings is 1. The summed E-state index contributed by atoms with van der Waals surface area (Å²) in [6, 6.07) is 8.77. The van der Waals surface area contributed by atoms with Crippen LogP contribution in [-0.2, 0) is 17.8 Å². The van der Waals surface area contributed by atoms with Crippen LogP contribution in [0.3, 0.4) is 0 Å². The molecular formula is C21H36N4O2. The first-order valence-corrected chi connectivity index (χ1v) is 10.1. The van der Waals surface area contributed by atoms with Crippen LogP contribution in [0.2, 0.25) is 0 Å². The van der Waals surface area contributed by atoms with Gasteiger partial charge in [-0.3, -0.25) is 9.89 Å². The average molecular weight is 377 g/mol. The normalized spacial score (nSPS) is 20.3. The zero-order chi connectivity index (χ0) is 19.5. The highest BCUT2D eigenvalue weighted by Gasteiger charge is 2.34. The van der Waals surface area contributed by atoms with Crippen LogP contribution in [0.1, 0.15) is 37.8 Å². The van der Waals surface area contributed by atoms with E-state index in [1.807, 2.05) is 0 Å². The molecule has 6 heteroatoms. The molecule has 1 aromatic rings. The van der Waals surface area contributed by atoms with Crippen molar-refractivity contribution in [2.75, 3.05) is 46.5 Å². The molecular weight excluding hydrogens is 340 g/mol. The predicted molar refractivity (Wildman–Crippen MR) is 111 cm³/mol. The fourth-order valence-electron chi connectivity index (χ4n) is 3.46. The van der Waals surface area contributed by atoms with E-state index in [-0.39, 0.29) is 12.0 Å². The summed E-state index contributed by atoms with van der Waals surface area (Å²) in [5.41, 5.74) is 2.59. The van der Waals surface area contributed by atoms with Gasteiger partial charge in [-0.05, 0) is 37.1 Å². The maximum Gasteiger partial charge on any atom is 0.191 e. The summed E-state index contributed by atoms with van der Waals surface area (Å²) < 4.78 is 5.55. The standard InChI is InChI=1S/C21H36N4O2/c1-4-25(5-2)15-19-8-6-18(7-9-19)14-23-20(22-3)24-16-21(10-12-26)11-13-27-17-21/h6-9,26H,4-5,10-17H2,1-3H3,(H2,22,23,24). The fraction of sp³-hybridized carbons (Fsp3) is 0.667. The number of aliphatic hydroxyl groups excluding tert-OH is 1. The molecule has 1 atom stereocenters. The second-order valence-corrected chi connectivity index (χ2v) is 7.33. The smallest absolute Gasteiger partial charge is 0.191 e. The lowest BCUT2D eigenvalue weighted by Gasteiger charge is -2.27. The van der Waals surface area contributed by atoms with Crippen LogP contribution in [-0.4, -0.2) is 62.5 Å². The van der Waals surface area contributed by atoms with Crippen molar-refractivity contribution < 1.29 is 9.84 Å². The SMILES string of the molecule is CCN(CC)Cc1ccc(CNC(=NC)NCC2(CCO)CCOC2)cc1. The molecule has 0 bridgehead atoms. The number of ether oxygens (including phenoxy) is 1. The number of aliphatic imine (C=N–C) groups is 1. The van der Waals surface area contributed by atoms with E-state index >= 15 is 0 Å². The van der Waals surface area contributed by atoms with Gasteiger partial charge >= 0.3 is 0 Å². The molecule has 0 aromatic heterocycles. The van der Waals surface area contributed by atoms with Crippen LogP contribution in [0.5, 0.6) is 0 Å². The number of guanidine groups is 1. The van der Waals surface area contributed by atoms with Gasteiger partial charge in [-0.25, -0.2) is 0 Å². The summed E-state index contributed by atoms with van der Waals surface area (Å²) in [5, 5.41) is 16.1. The molecule has 1 saturated heterocycles. The minimum Gasteiger partial charge on any atom is -0.396 e. The molecule has 0 aliphatic carbocycles. The summed E-state index contributed by atoms with van der Waals surface area (Å²) in [4.78, 5) is 6.73. The Morgan fingerprint density at radius 2 is 1.89 bits per heavy atom. The number of hydrogen-bond acceptors (Lipinski definition) is 4. The quantitative estimate of drug-likeness (QED) is 0.430. The van der Waals surface area contributed by atoms with Gasteiger partial charge in [-0.1, -0.05) is 38.1 Å². The molecule has 1 heterocycles. The van der Waals surface area contributed by atoms with E-state index < -0.39 is 0 Å². The van der Waals surface area contributed by atoms with Gasteiger partial charge in [0.1, 0.15) is 0 Å². The molecule has 0 saturated carbocycles. The van der Waals surface area contributed by atoms with Crippen molar-refractivity contribution in [2.45, 2.75) is 39.8 Å². The maximum absolute atomic E-state index is 9.34. The molecule has 3 N–H and O–H groups in total. The van der Waals surface area contributed by atoms with Gasteiger partial charge in [0, 0.05) is 45.3 Å². The molecule has 1 aliphatic heterocycles. The third-order valence-corrected chi connectivity index (χ3v) is 5.47. The summed E-state index contributed by atoms with van der Waals surface area (Å²) in [6.07, 6.45) is 1.73. The Morgan fingerprint density at radius 3 is 2.44 bits per heavy atom. The van der Waals surface area contributed by atoms with Crippen molar-refractivity contribution in [3.8, 4) is 0 Å². The second kappa shape index (κ2) is 11.3. The van der Waals surface area contributed by atoms with Gasteiger partial charge in [0.25, 0.3) is 0 Å². The first-order chi connectivity index (χ1) is 13.1. The van der Waals surface area contributed by atoms with Crippen LogP contribution in [0.15, 0.2) is 29.3 Å². The van der Waals surface area contributed by atoms with Gasteiger partial charge in [0.15, 0.2) is 5.96 Å². The second-order valence-electron chi connectivity index (χ2n) is 7.33. The van der Waals surface area contributed by atoms with Gasteiger partial charge in [0.2, 0.25) is 0 Å². The first-order valence-electron chi connectivity index (χ1n) is 10.1. The maximum atomic E-state index is 9.34. The first kappa shape index (κ1) is 21.7. The molecule has 1 aliphatic rings. The van der Waals surface area contributed by atoms with Crippen LogP contribution in [0.25, 0.3) is 0 Å². The Bertz CT molecular complexity index is 564. The van der Waals surface area contributed by atoms with Gasteiger partial charge in [0.05, 0.1) is 6.61 Å². The number of rotatable bonds is 10. The van der Waals surface area contributed by atoms with Gasteiger partial charge in [-0.2, -0.15) is 0 Å². The number of hydrogen-bond donors (Lipinski definition) is 3. The van der Waals surface area contributed by atoms with Crippen LogP contribution in [0, 0.1) is 5.41 Å². The molecule has 0 spiro atoms. The molecule has 1 unspecified atom stereocenters. The molecule has 27 heavy (non-hydrogen) atoms. The van der Waals surface area contributed by atoms with Crippen molar-refractivity contribution in [2.24, 2.45) is 10.4 Å². The van der Waals surface area contributed by atoms with Crippen molar-refractivity contribution in [1.82, 2.24) is 15.5 Å². The lowest BCUT2D eigenvalue weighted by atomic mass is 9.84. The van der Waals surface area contributed by atoms with E-state index in [0.717, 1.165) is 58.1 Å². The summed E-state index contributed by atoms with van der Waals surface area (Å²) in [7, 11) is 1.78. The third kappa shape index (κ3) is 6.79. The Hall–Kier alpha value is -1.63. The van der Waals surface area contributed by atoms with Crippen LogP contribution >= 0.6 is 0 Å². The van der Waals surface area contributed by atoms with E-state index in [2.05, 4.69) is 58.6 Å². The summed E-state index contributed by atoms with van der Waals surface area (Å²) in [5.74, 6) is 0.784. The molecule has 152 valence electrons. The minimum atomic E-state index is 0.0123. The van der Waals surface area contributed by atoms with E-state index in [9.17, 15) is 5.11 Å². The van der Waals surface area contributed by atoms with Crippen molar-refractivity contribution >= 4 is 5.96 Å². The Kier molecular flexibility index (Phi) is 9.04. The van der Waals surface area contributed by atoms with Crippen LogP contribution in [0.4, 0.5) is 0 Å². The minimum absolute atomic E-state index is 0.0123. The zero-order valence-electron chi connectivity index (χ0n) is 17.1. The largest absolute Gasteiger partial charge is 0.396 e.